The summed E-state index contributed by atoms with van der Waals surface area (Å²) in [6, 6.07) is 17.7. The summed E-state index contributed by atoms with van der Waals surface area (Å²) in [6.07, 6.45) is 5.24. The topological polar surface area (TPSA) is 210 Å². The van der Waals surface area contributed by atoms with Crippen LogP contribution in [-0.2, 0) is 49.5 Å². The molecule has 1 heterocycles. The molecule has 0 spiro atoms. The Kier molecular flexibility index (Phi) is 50.0. The van der Waals surface area contributed by atoms with Gasteiger partial charge in [0.05, 0.1) is 49.8 Å². The molecule has 16 heteroatoms. The molecule has 1 saturated heterocycles. The zero-order valence-corrected chi connectivity index (χ0v) is 46.8. The fourth-order valence-corrected chi connectivity index (χ4v) is 7.39. The van der Waals surface area contributed by atoms with Crippen LogP contribution in [0.5, 0.6) is 0 Å². The van der Waals surface area contributed by atoms with Crippen molar-refractivity contribution < 1.29 is 43.0 Å². The monoisotopic (exact) mass is 990 g/mol. The summed E-state index contributed by atoms with van der Waals surface area (Å²) in [5.41, 5.74) is 8.98. The van der Waals surface area contributed by atoms with Gasteiger partial charge in [-0.15, -0.1) is 0 Å². The number of nitrogen functional groups attached to an aromatic ring is 1. The third-order valence-corrected chi connectivity index (χ3v) is 10.9. The van der Waals surface area contributed by atoms with Gasteiger partial charge < -0.3 is 50.5 Å². The molecule has 70 heavy (non-hydrogen) atoms. The Morgan fingerprint density at radius 2 is 1.37 bits per heavy atom. The Hall–Kier alpha value is -5.19. The third-order valence-electron chi connectivity index (χ3n) is 10.9. The number of ether oxygens (including phenoxy) is 2. The van der Waals surface area contributed by atoms with Gasteiger partial charge in [0, 0.05) is 40.5 Å². The first-order valence-electron chi connectivity index (χ1n) is 24.6. The number of hydrogen-bond donors (Lipinski definition) is 4. The minimum absolute atomic E-state index is 0.0116. The highest BCUT2D eigenvalue weighted by molar-refractivity contribution is 5.87. The fourth-order valence-electron chi connectivity index (χ4n) is 7.39. The van der Waals surface area contributed by atoms with Gasteiger partial charge in [-0.25, -0.2) is 0 Å². The minimum atomic E-state index is -0.460. The van der Waals surface area contributed by atoms with Crippen LogP contribution in [0.2, 0.25) is 0 Å². The van der Waals surface area contributed by atoms with Crippen LogP contribution in [0.15, 0.2) is 54.6 Å². The van der Waals surface area contributed by atoms with Crippen LogP contribution in [-0.4, -0.2) is 151 Å². The number of aryl methyl sites for hydroxylation is 2. The van der Waals surface area contributed by atoms with Crippen molar-refractivity contribution in [2.45, 2.75) is 152 Å². The van der Waals surface area contributed by atoms with Gasteiger partial charge in [0.2, 0.25) is 30.0 Å². The lowest BCUT2D eigenvalue weighted by Gasteiger charge is -2.39. The zero-order chi connectivity index (χ0) is 55.4. The van der Waals surface area contributed by atoms with E-state index in [2.05, 4.69) is 95.6 Å². The molecule has 5 N–H and O–H groups in total. The van der Waals surface area contributed by atoms with Gasteiger partial charge in [-0.05, 0) is 75.7 Å². The van der Waals surface area contributed by atoms with E-state index in [1.165, 1.54) is 24.6 Å². The number of nitrogens with zero attached hydrogens (tertiary/aromatic N) is 3. The van der Waals surface area contributed by atoms with Gasteiger partial charge in [-0.2, -0.15) is 0 Å². The average molecular weight is 990 g/mol. The number of nitrogens with one attached hydrogen (secondary N) is 3. The Bertz CT molecular complexity index is 1570. The molecule has 2 aromatic rings. The van der Waals surface area contributed by atoms with Crippen molar-refractivity contribution in [2.75, 3.05) is 67.8 Å². The summed E-state index contributed by atoms with van der Waals surface area (Å²) in [4.78, 5) is 80.7. The molecular weight excluding hydrogens is 891 g/mol. The number of rotatable bonds is 19. The van der Waals surface area contributed by atoms with Gasteiger partial charge >= 0.3 is 0 Å². The van der Waals surface area contributed by atoms with Crippen LogP contribution in [0.25, 0.3) is 0 Å². The van der Waals surface area contributed by atoms with Crippen molar-refractivity contribution in [2.24, 2.45) is 17.8 Å². The molecule has 0 aromatic heterocycles. The summed E-state index contributed by atoms with van der Waals surface area (Å²) in [5, 5.41) is 7.36. The molecule has 1 fully saturated rings. The number of likely N-dealkylation sites (tertiary alicyclic amines) is 1. The third kappa shape index (κ3) is 32.6. The molecule has 3 rings (SSSR count). The smallest absolute Gasteiger partial charge is 0.242 e. The Morgan fingerprint density at radius 1 is 0.843 bits per heavy atom. The number of likely N-dealkylation sites (N-methyl/N-ethyl adjacent to an activating group) is 3. The maximum Gasteiger partial charge on any atom is 0.242 e. The van der Waals surface area contributed by atoms with E-state index in [-0.39, 0.29) is 79.2 Å². The number of hydrogen-bond acceptors (Lipinski definition) is 11. The van der Waals surface area contributed by atoms with Crippen molar-refractivity contribution >= 4 is 49.3 Å². The molecule has 5 amide bonds. The minimum Gasteiger partial charge on any atom is -0.399 e. The first-order valence-corrected chi connectivity index (χ1v) is 24.6. The predicted molar refractivity (Wildman–Crippen MR) is 288 cm³/mol. The average Bonchev–Trinajstić information content (AvgIpc) is 3.84. The van der Waals surface area contributed by atoms with Crippen LogP contribution < -0.4 is 21.7 Å². The number of anilines is 1. The second kappa shape index (κ2) is 47.5. The molecule has 6 atom stereocenters. The van der Waals surface area contributed by atoms with Crippen molar-refractivity contribution in [3.05, 3.63) is 65.7 Å². The molecular formula is C54H99N7O9. The molecule has 0 bridgehead atoms. The summed E-state index contributed by atoms with van der Waals surface area (Å²) >= 11 is 0. The summed E-state index contributed by atoms with van der Waals surface area (Å²) in [5.74, 6) is -0.0173. The molecule has 2 aromatic carbocycles. The number of carbonyl (C=O) groups excluding carboxylic acids is 7. The lowest BCUT2D eigenvalue weighted by atomic mass is 9.90. The first kappa shape index (κ1) is 73.8. The standard InChI is InChI=1S/C28H54N4O5.C8H11N.C7H8.C4H8N2O2.C3H8.C2H6.2CH2O/c1-12-20(6)26(31(9)24(34)17-29-28(35)25(18(2)3)30(7)8)22(36-10)16-23(33)32-15-13-14-21(32)27(37-11)19(4)5;1-2-7-3-5-8(9)6-4-7;1-7-5-3-2-4-6-7;1-5-4(8)2-6-3-7;1-3-2;3*1-2/h18-22,25-27H,12-17H2,1-11H3,(H,29,35);3-6H,2,9H2,1H3;2-6H,1H3;3H,2H2,1H3,(H,5,8)(H,6,7);3H2,1-2H3;1-2H3;2*1H2. The van der Waals surface area contributed by atoms with E-state index in [1.54, 1.807) is 26.2 Å². The van der Waals surface area contributed by atoms with Gasteiger partial charge in [-0.1, -0.05) is 137 Å². The molecule has 1 aliphatic heterocycles. The van der Waals surface area contributed by atoms with E-state index < -0.39 is 6.10 Å². The highest BCUT2D eigenvalue weighted by Gasteiger charge is 2.40. The molecule has 404 valence electrons. The second-order valence-electron chi connectivity index (χ2n) is 17.1. The first-order chi connectivity index (χ1) is 33.3. The number of amides is 5. The van der Waals surface area contributed by atoms with E-state index in [4.69, 9.17) is 24.8 Å². The van der Waals surface area contributed by atoms with Gasteiger partial charge in [-0.3, -0.25) is 28.9 Å². The lowest BCUT2D eigenvalue weighted by molar-refractivity contribution is -0.144. The molecule has 0 radical (unpaired) electrons. The van der Waals surface area contributed by atoms with Crippen molar-refractivity contribution in [1.29, 1.82) is 0 Å². The van der Waals surface area contributed by atoms with Crippen LogP contribution in [0.1, 0.15) is 119 Å². The Labute approximate surface area is 424 Å². The van der Waals surface area contributed by atoms with Gasteiger partial charge in [0.25, 0.3) is 0 Å². The fraction of sp³-hybridized carbons (Fsp3) is 0.648. The predicted octanol–water partition coefficient (Wildman–Crippen LogP) is 7.01. The van der Waals surface area contributed by atoms with Gasteiger partial charge in [0.15, 0.2) is 0 Å². The summed E-state index contributed by atoms with van der Waals surface area (Å²) < 4.78 is 11.6. The summed E-state index contributed by atoms with van der Waals surface area (Å²) in [7, 11) is 10.3. The quantitative estimate of drug-likeness (QED) is 0.0832. The molecule has 0 aliphatic carbocycles. The van der Waals surface area contributed by atoms with Crippen LogP contribution >= 0.6 is 0 Å². The zero-order valence-electron chi connectivity index (χ0n) is 46.8. The maximum absolute atomic E-state index is 13.5. The molecule has 6 unspecified atom stereocenters. The van der Waals surface area contributed by atoms with Crippen molar-refractivity contribution in [1.82, 2.24) is 30.7 Å². The van der Waals surface area contributed by atoms with Crippen molar-refractivity contribution in [3.63, 3.8) is 0 Å². The Morgan fingerprint density at radius 3 is 1.74 bits per heavy atom. The number of nitrogens with two attached hydrogens (primary N) is 1. The normalized spacial score (nSPS) is 14.1. The summed E-state index contributed by atoms with van der Waals surface area (Å²) in [6.45, 7) is 29.5. The molecule has 0 saturated carbocycles. The van der Waals surface area contributed by atoms with E-state index in [0.29, 0.717) is 18.9 Å². The molecule has 16 nitrogen and oxygen atoms in total. The van der Waals surface area contributed by atoms with E-state index >= 15 is 0 Å². The Balaban J connectivity index is -0.000000339. The molecule has 1 aliphatic rings. The highest BCUT2D eigenvalue weighted by Crippen LogP contribution is 2.29. The lowest BCUT2D eigenvalue weighted by Crippen LogP contribution is -2.55. The number of benzene rings is 2. The SMILES string of the molecule is C=O.C=O.CC.CCC.CCC(C)C(C(CC(=O)N1CCCC1C(OC)C(C)C)OC)N(C)C(=O)CNC(=O)C(C(C)C)N(C)C.CCc1ccc(N)cc1.CNC(=O)CNC=O.Cc1ccccc1. The largest absolute Gasteiger partial charge is 0.399 e. The number of carbonyl (C=O) groups is 7. The van der Waals surface area contributed by atoms with Crippen LogP contribution in [0.4, 0.5) is 5.69 Å². The van der Waals surface area contributed by atoms with E-state index in [1.807, 2.05) is 95.5 Å². The van der Waals surface area contributed by atoms with E-state index in [9.17, 15) is 24.0 Å². The highest BCUT2D eigenvalue weighted by atomic mass is 16.5. The van der Waals surface area contributed by atoms with Crippen LogP contribution in [0.3, 0.4) is 0 Å². The number of methoxy groups -OCH3 is 2. The van der Waals surface area contributed by atoms with E-state index in [0.717, 1.165) is 31.4 Å². The second-order valence-corrected chi connectivity index (χ2v) is 17.1. The van der Waals surface area contributed by atoms with Gasteiger partial charge in [0.1, 0.15) is 13.6 Å². The van der Waals surface area contributed by atoms with Crippen molar-refractivity contribution in [3.8, 4) is 0 Å². The maximum atomic E-state index is 13.5. The van der Waals surface area contributed by atoms with Crippen LogP contribution in [0, 0.1) is 24.7 Å².